The second kappa shape index (κ2) is 10.5. The van der Waals surface area contributed by atoms with Crippen LogP contribution in [0.15, 0.2) is 60.9 Å². The van der Waals surface area contributed by atoms with Gasteiger partial charge in [0, 0.05) is 30.8 Å². The number of hydrogen-bond donors (Lipinski definition) is 3. The van der Waals surface area contributed by atoms with E-state index < -0.39 is 17.8 Å². The van der Waals surface area contributed by atoms with Gasteiger partial charge in [-0.1, -0.05) is 24.3 Å². The molecule has 1 fully saturated rings. The molecule has 1 saturated carbocycles. The average molecular weight is 558 g/mol. The van der Waals surface area contributed by atoms with Gasteiger partial charge in [0.1, 0.15) is 17.7 Å². The first-order chi connectivity index (χ1) is 19.7. The number of imidazole rings is 1. The highest BCUT2D eigenvalue weighted by molar-refractivity contribution is 5.86. The van der Waals surface area contributed by atoms with Gasteiger partial charge in [0.2, 0.25) is 0 Å². The molecule has 8 nitrogen and oxygen atoms in total. The third-order valence-electron chi connectivity index (χ3n) is 7.55. The Labute approximate surface area is 233 Å². The van der Waals surface area contributed by atoms with Gasteiger partial charge >= 0.3 is 6.18 Å². The van der Waals surface area contributed by atoms with Crippen LogP contribution in [0.3, 0.4) is 0 Å². The fourth-order valence-corrected chi connectivity index (χ4v) is 5.47. The summed E-state index contributed by atoms with van der Waals surface area (Å²) in [7, 11) is 1.81. The van der Waals surface area contributed by atoms with Crippen molar-refractivity contribution in [3.8, 4) is 40.0 Å². The molecule has 0 bridgehead atoms. The second-order valence-corrected chi connectivity index (χ2v) is 10.3. The maximum Gasteiger partial charge on any atom is 0.418 e. The van der Waals surface area contributed by atoms with Crippen LogP contribution in [-0.4, -0.2) is 42.0 Å². The highest BCUT2D eigenvalue weighted by Gasteiger charge is 2.35. The maximum atomic E-state index is 14.1. The Morgan fingerprint density at radius 3 is 2.63 bits per heavy atom. The summed E-state index contributed by atoms with van der Waals surface area (Å²) in [6.07, 6.45) is -1.15. The second-order valence-electron chi connectivity index (χ2n) is 10.3. The molecule has 3 N–H and O–H groups in total. The van der Waals surface area contributed by atoms with Crippen molar-refractivity contribution in [2.75, 3.05) is 0 Å². The number of halogens is 3. The molecule has 208 valence electrons. The number of aromatic nitrogens is 5. The third kappa shape index (κ3) is 5.19. The fraction of sp³-hybridized carbons (Fsp3) is 0.267. The molecule has 2 heterocycles. The lowest BCUT2D eigenvalue weighted by Crippen LogP contribution is -2.35. The molecule has 2 aromatic heterocycles. The van der Waals surface area contributed by atoms with Crippen LogP contribution < -0.4 is 5.32 Å². The van der Waals surface area contributed by atoms with Crippen molar-refractivity contribution >= 4 is 11.0 Å². The molecule has 0 spiro atoms. The topological polar surface area (TPSA) is 115 Å². The summed E-state index contributed by atoms with van der Waals surface area (Å²) < 4.78 is 44.1. The number of aliphatic hydroxyl groups is 1. The lowest BCUT2D eigenvalue weighted by atomic mass is 9.96. The van der Waals surface area contributed by atoms with E-state index in [2.05, 4.69) is 31.6 Å². The zero-order chi connectivity index (χ0) is 28.7. The van der Waals surface area contributed by atoms with E-state index in [4.69, 9.17) is 0 Å². The number of aromatic amines is 1. The van der Waals surface area contributed by atoms with Crippen LogP contribution in [0.25, 0.3) is 44.9 Å². The normalized spacial score (nSPS) is 17.3. The van der Waals surface area contributed by atoms with E-state index >= 15 is 0 Å². The molecule has 11 heteroatoms. The molecule has 0 saturated heterocycles. The number of fused-ring (bicyclic) bond motifs is 1. The summed E-state index contributed by atoms with van der Waals surface area (Å²) in [5.41, 5.74) is 3.12. The minimum Gasteiger partial charge on any atom is -0.392 e. The summed E-state index contributed by atoms with van der Waals surface area (Å²) in [5.74, 6) is 0.879. The van der Waals surface area contributed by atoms with Crippen molar-refractivity contribution in [1.82, 2.24) is 30.0 Å². The first-order valence-corrected chi connectivity index (χ1v) is 13.2. The van der Waals surface area contributed by atoms with Crippen molar-refractivity contribution in [3.05, 3.63) is 77.6 Å². The number of nitrogens with one attached hydrogen (secondary N) is 2. The van der Waals surface area contributed by atoms with E-state index in [-0.39, 0.29) is 23.6 Å². The van der Waals surface area contributed by atoms with Gasteiger partial charge in [-0.15, -0.1) is 10.2 Å². The molecule has 0 amide bonds. The van der Waals surface area contributed by atoms with Gasteiger partial charge in [-0.25, -0.2) is 4.98 Å². The van der Waals surface area contributed by atoms with E-state index in [1.807, 2.05) is 24.3 Å². The Hall–Kier alpha value is -4.53. The SMILES string of the molecule is Cn1cnnc1-c1cc(C#N)ccc1-c1cccc(-c2nc3c(C(F)(F)F)cc(CN[C@@H]4CCC[C@@H]4O)cc3[nH]2)c1. The maximum absolute atomic E-state index is 14.1. The Morgan fingerprint density at radius 2 is 1.93 bits per heavy atom. The minimum absolute atomic E-state index is 0.131. The van der Waals surface area contributed by atoms with Gasteiger partial charge in [0.25, 0.3) is 0 Å². The number of aliphatic hydroxyl groups excluding tert-OH is 1. The number of aryl methyl sites for hydroxylation is 1. The molecule has 0 unspecified atom stereocenters. The molecule has 3 aromatic carbocycles. The molecule has 0 radical (unpaired) electrons. The monoisotopic (exact) mass is 557 g/mol. The fourth-order valence-electron chi connectivity index (χ4n) is 5.47. The number of nitriles is 1. The first kappa shape index (κ1) is 26.7. The smallest absolute Gasteiger partial charge is 0.392 e. The zero-order valence-electron chi connectivity index (χ0n) is 22.1. The Kier molecular flexibility index (Phi) is 6.81. The van der Waals surface area contributed by atoms with E-state index in [1.165, 1.54) is 0 Å². The van der Waals surface area contributed by atoms with E-state index in [9.17, 15) is 23.5 Å². The van der Waals surface area contributed by atoms with Crippen molar-refractivity contribution < 1.29 is 18.3 Å². The van der Waals surface area contributed by atoms with Crippen LogP contribution in [0, 0.1) is 11.3 Å². The van der Waals surface area contributed by atoms with Crippen LogP contribution in [0.5, 0.6) is 0 Å². The Balaban J connectivity index is 1.40. The summed E-state index contributed by atoms with van der Waals surface area (Å²) >= 11 is 0. The molecule has 2 atom stereocenters. The molecule has 5 aromatic rings. The highest BCUT2D eigenvalue weighted by atomic mass is 19.4. The summed E-state index contributed by atoms with van der Waals surface area (Å²) in [6.45, 7) is 0.202. The quantitative estimate of drug-likeness (QED) is 0.251. The number of H-pyrrole nitrogens is 1. The largest absolute Gasteiger partial charge is 0.418 e. The van der Waals surface area contributed by atoms with Gasteiger partial charge in [0.15, 0.2) is 5.82 Å². The lowest BCUT2D eigenvalue weighted by Gasteiger charge is -2.17. The van der Waals surface area contributed by atoms with Gasteiger partial charge < -0.3 is 20.0 Å². The standard InChI is InChI=1S/C30H26F3N7O/c1-40-16-36-39-29(40)22-10-17(14-34)8-9-21(22)19-4-2-5-20(13-19)28-37-25-12-18(15-35-24-6-3-7-26(24)41)11-23(27(25)38-28)30(31,32)33/h2,4-5,8-13,16,24,26,35,41H,3,6-7,15H2,1H3,(H,37,38)/t24-,26+/m1/s1. The Morgan fingerprint density at radius 1 is 1.10 bits per heavy atom. The summed E-state index contributed by atoms with van der Waals surface area (Å²) in [6, 6.07) is 17.4. The van der Waals surface area contributed by atoms with Crippen LogP contribution in [0.2, 0.25) is 0 Å². The molecular weight excluding hydrogens is 531 g/mol. The lowest BCUT2D eigenvalue weighted by molar-refractivity contribution is -0.136. The number of benzene rings is 3. The Bertz CT molecular complexity index is 1780. The van der Waals surface area contributed by atoms with E-state index in [0.717, 1.165) is 30.0 Å². The van der Waals surface area contributed by atoms with Gasteiger partial charge in [-0.3, -0.25) is 0 Å². The molecule has 1 aliphatic carbocycles. The van der Waals surface area contributed by atoms with Gasteiger partial charge in [-0.2, -0.15) is 18.4 Å². The molecule has 1 aliphatic rings. The zero-order valence-corrected chi connectivity index (χ0v) is 22.1. The third-order valence-corrected chi connectivity index (χ3v) is 7.55. The molecular formula is C30H26F3N7O. The average Bonchev–Trinajstić information content (AvgIpc) is 3.70. The number of rotatable bonds is 6. The van der Waals surface area contributed by atoms with Crippen molar-refractivity contribution in [1.29, 1.82) is 5.26 Å². The van der Waals surface area contributed by atoms with E-state index in [0.29, 0.717) is 40.3 Å². The van der Waals surface area contributed by atoms with Crippen LogP contribution in [0.4, 0.5) is 13.2 Å². The molecule has 41 heavy (non-hydrogen) atoms. The predicted octanol–water partition coefficient (Wildman–Crippen LogP) is 5.59. The number of alkyl halides is 3. The minimum atomic E-state index is -4.59. The van der Waals surface area contributed by atoms with Gasteiger partial charge in [0.05, 0.1) is 28.8 Å². The molecule has 6 rings (SSSR count). The van der Waals surface area contributed by atoms with E-state index in [1.54, 1.807) is 42.2 Å². The van der Waals surface area contributed by atoms with Crippen molar-refractivity contribution in [2.24, 2.45) is 7.05 Å². The van der Waals surface area contributed by atoms with Crippen LogP contribution in [0.1, 0.15) is 36.0 Å². The summed E-state index contributed by atoms with van der Waals surface area (Å²) in [4.78, 5) is 7.48. The van der Waals surface area contributed by atoms with Crippen LogP contribution >= 0.6 is 0 Å². The van der Waals surface area contributed by atoms with Crippen molar-refractivity contribution in [2.45, 2.75) is 44.1 Å². The molecule has 0 aliphatic heterocycles. The van der Waals surface area contributed by atoms with Crippen LogP contribution in [-0.2, 0) is 19.8 Å². The predicted molar refractivity (Wildman–Crippen MR) is 147 cm³/mol. The first-order valence-electron chi connectivity index (χ1n) is 13.2. The number of nitrogens with zero attached hydrogens (tertiary/aromatic N) is 5. The summed E-state index contributed by atoms with van der Waals surface area (Å²) in [5, 5.41) is 30.9. The highest BCUT2D eigenvalue weighted by Crippen LogP contribution is 2.37. The van der Waals surface area contributed by atoms with Crippen molar-refractivity contribution in [3.63, 3.8) is 0 Å². The number of hydrogen-bond acceptors (Lipinski definition) is 6. The van der Waals surface area contributed by atoms with Gasteiger partial charge in [-0.05, 0) is 66.3 Å².